The first-order valence-electron chi connectivity index (χ1n) is 7.50. The highest BCUT2D eigenvalue weighted by atomic mass is 32.2. The molecular weight excluding hydrogens is 276 g/mol. The Labute approximate surface area is 122 Å². The Morgan fingerprint density at radius 2 is 2.11 bits per heavy atom. The Morgan fingerprint density at radius 1 is 1.16 bits per heavy atom. The minimum atomic E-state index is 0.422. The molecule has 1 heterocycles. The summed E-state index contributed by atoms with van der Waals surface area (Å²) in [4.78, 5) is 0. The molecule has 4 rings (SSSR count). The summed E-state index contributed by atoms with van der Waals surface area (Å²) in [6.07, 6.45) is 10.0. The van der Waals surface area contributed by atoms with Crippen LogP contribution in [0, 0.1) is 17.8 Å². The largest absolute Gasteiger partial charge is 0.471 e. The van der Waals surface area contributed by atoms with Gasteiger partial charge in [0.1, 0.15) is 6.10 Å². The van der Waals surface area contributed by atoms with Gasteiger partial charge in [-0.1, -0.05) is 24.6 Å². The molecule has 3 aliphatic rings. The molecule has 0 N–H and O–H groups in total. The highest BCUT2D eigenvalue weighted by Gasteiger charge is 2.41. The van der Waals surface area contributed by atoms with E-state index in [0.29, 0.717) is 6.10 Å². The molecule has 0 spiro atoms. The van der Waals surface area contributed by atoms with Crippen LogP contribution in [0.2, 0.25) is 0 Å². The van der Waals surface area contributed by atoms with E-state index in [1.807, 2.05) is 11.8 Å². The van der Waals surface area contributed by atoms with Crippen LogP contribution in [0.1, 0.15) is 44.9 Å². The van der Waals surface area contributed by atoms with E-state index in [9.17, 15) is 0 Å². The maximum absolute atomic E-state index is 6.17. The summed E-state index contributed by atoms with van der Waals surface area (Å²) in [6.45, 7) is 0. The lowest BCUT2D eigenvalue weighted by Gasteiger charge is -2.21. The van der Waals surface area contributed by atoms with E-state index in [1.165, 1.54) is 62.4 Å². The highest BCUT2D eigenvalue weighted by molar-refractivity contribution is 7.99. The van der Waals surface area contributed by atoms with Crippen LogP contribution >= 0.6 is 23.5 Å². The fraction of sp³-hybridized carbons (Fsp3) is 0.857. The van der Waals surface area contributed by atoms with Crippen molar-refractivity contribution in [1.29, 1.82) is 0 Å². The quantitative estimate of drug-likeness (QED) is 0.743. The van der Waals surface area contributed by atoms with Crippen molar-refractivity contribution < 1.29 is 4.74 Å². The van der Waals surface area contributed by atoms with Gasteiger partial charge in [0.05, 0.1) is 11.7 Å². The van der Waals surface area contributed by atoms with Crippen molar-refractivity contribution in [3.63, 3.8) is 0 Å². The number of aromatic nitrogens is 2. The molecule has 0 amide bonds. The van der Waals surface area contributed by atoms with Crippen molar-refractivity contribution in [2.45, 2.75) is 56.1 Å². The number of rotatable bonds is 6. The molecule has 0 unspecified atom stereocenters. The average Bonchev–Trinajstić information content (AvgIpc) is 2.84. The molecule has 104 valence electrons. The van der Waals surface area contributed by atoms with E-state index >= 15 is 0 Å². The molecule has 5 heteroatoms. The predicted octanol–water partition coefficient (Wildman–Crippen LogP) is 4.00. The first kappa shape index (κ1) is 12.5. The van der Waals surface area contributed by atoms with Gasteiger partial charge in [-0.2, -0.15) is 4.37 Å². The number of fused-ring (bicyclic) bond motifs is 2. The third-order valence-electron chi connectivity index (χ3n) is 4.83. The Bertz CT molecular complexity index is 446. The van der Waals surface area contributed by atoms with Gasteiger partial charge in [-0.15, -0.1) is 4.37 Å². The first-order chi connectivity index (χ1) is 9.38. The molecule has 3 saturated carbocycles. The second-order valence-corrected chi connectivity index (χ2v) is 7.90. The lowest BCUT2D eigenvalue weighted by Crippen LogP contribution is -2.23. The summed E-state index contributed by atoms with van der Waals surface area (Å²) in [5.74, 6) is 4.70. The van der Waals surface area contributed by atoms with Gasteiger partial charge in [0.25, 0.3) is 5.88 Å². The zero-order valence-electron chi connectivity index (χ0n) is 11.1. The van der Waals surface area contributed by atoms with Gasteiger partial charge in [-0.25, -0.2) is 0 Å². The monoisotopic (exact) mass is 296 g/mol. The molecule has 2 bridgehead atoms. The SMILES string of the molecule is C(CC1CC1)Sc1nsnc1O[C@H]1C[C@@H]2CC[C@H]1C2. The van der Waals surface area contributed by atoms with Gasteiger partial charge in [0, 0.05) is 0 Å². The second kappa shape index (κ2) is 5.24. The second-order valence-electron chi connectivity index (χ2n) is 6.29. The highest BCUT2D eigenvalue weighted by Crippen LogP contribution is 2.46. The van der Waals surface area contributed by atoms with Gasteiger partial charge in [0.15, 0.2) is 5.03 Å². The van der Waals surface area contributed by atoms with Gasteiger partial charge in [-0.05, 0) is 55.6 Å². The van der Waals surface area contributed by atoms with Crippen LogP contribution in [0.5, 0.6) is 5.88 Å². The molecule has 0 aromatic carbocycles. The molecule has 0 aliphatic heterocycles. The number of nitrogens with zero attached hydrogens (tertiary/aromatic N) is 2. The fourth-order valence-electron chi connectivity index (χ4n) is 3.54. The van der Waals surface area contributed by atoms with Crippen molar-refractivity contribution in [2.24, 2.45) is 17.8 Å². The first-order valence-corrected chi connectivity index (χ1v) is 9.22. The molecule has 3 atom stereocenters. The van der Waals surface area contributed by atoms with Crippen LogP contribution in [0.3, 0.4) is 0 Å². The summed E-state index contributed by atoms with van der Waals surface area (Å²) < 4.78 is 14.9. The van der Waals surface area contributed by atoms with Gasteiger partial charge in [-0.3, -0.25) is 0 Å². The van der Waals surface area contributed by atoms with Crippen molar-refractivity contribution >= 4 is 23.5 Å². The van der Waals surface area contributed by atoms with E-state index in [4.69, 9.17) is 4.74 Å². The van der Waals surface area contributed by atoms with Crippen molar-refractivity contribution in [3.05, 3.63) is 0 Å². The smallest absolute Gasteiger partial charge is 0.260 e. The molecule has 0 saturated heterocycles. The average molecular weight is 296 g/mol. The molecule has 0 radical (unpaired) electrons. The Balaban J connectivity index is 1.34. The third-order valence-corrected chi connectivity index (χ3v) is 6.43. The maximum atomic E-state index is 6.17. The zero-order chi connectivity index (χ0) is 12.7. The van der Waals surface area contributed by atoms with E-state index in [1.54, 1.807) is 0 Å². The van der Waals surface area contributed by atoms with Crippen LogP contribution in [-0.2, 0) is 0 Å². The van der Waals surface area contributed by atoms with Crippen LogP contribution < -0.4 is 4.74 Å². The topological polar surface area (TPSA) is 35.0 Å². The predicted molar refractivity (Wildman–Crippen MR) is 77.8 cm³/mol. The summed E-state index contributed by atoms with van der Waals surface area (Å²) >= 11 is 3.14. The Morgan fingerprint density at radius 3 is 2.84 bits per heavy atom. The molecular formula is C14H20N2OS2. The standard InChI is InChI=1S/C14H20N2OS2/c1-2-9(1)5-6-18-14-13(15-19-16-14)17-12-8-10-3-4-11(12)7-10/h9-12H,1-8H2/t10-,11+,12+/m1/s1. The summed E-state index contributed by atoms with van der Waals surface area (Å²) in [5.41, 5.74) is 0. The number of hydrogen-bond donors (Lipinski definition) is 0. The summed E-state index contributed by atoms with van der Waals surface area (Å²) in [7, 11) is 0. The number of ether oxygens (including phenoxy) is 1. The van der Waals surface area contributed by atoms with Crippen molar-refractivity contribution in [3.8, 4) is 5.88 Å². The summed E-state index contributed by atoms with van der Waals surface area (Å²) in [5, 5.41) is 1.04. The van der Waals surface area contributed by atoms with E-state index in [2.05, 4.69) is 8.75 Å². The fourth-order valence-corrected chi connectivity index (χ4v) is 5.16. The van der Waals surface area contributed by atoms with Gasteiger partial charge >= 0.3 is 0 Å². The van der Waals surface area contributed by atoms with Crippen LogP contribution in [0.15, 0.2) is 5.03 Å². The molecule has 3 aliphatic carbocycles. The van der Waals surface area contributed by atoms with Crippen molar-refractivity contribution in [2.75, 3.05) is 5.75 Å². The number of thioether (sulfide) groups is 1. The minimum Gasteiger partial charge on any atom is -0.471 e. The lowest BCUT2D eigenvalue weighted by atomic mass is 9.98. The summed E-state index contributed by atoms with van der Waals surface area (Å²) in [6, 6.07) is 0. The molecule has 3 fully saturated rings. The maximum Gasteiger partial charge on any atom is 0.260 e. The van der Waals surface area contributed by atoms with Crippen LogP contribution in [0.25, 0.3) is 0 Å². The molecule has 3 nitrogen and oxygen atoms in total. The van der Waals surface area contributed by atoms with Crippen LogP contribution in [0.4, 0.5) is 0 Å². The Kier molecular flexibility index (Phi) is 3.44. The van der Waals surface area contributed by atoms with E-state index in [0.717, 1.165) is 28.7 Å². The van der Waals surface area contributed by atoms with Gasteiger partial charge in [0.2, 0.25) is 0 Å². The van der Waals surface area contributed by atoms with Gasteiger partial charge < -0.3 is 4.74 Å². The number of hydrogen-bond acceptors (Lipinski definition) is 5. The van der Waals surface area contributed by atoms with E-state index in [-0.39, 0.29) is 0 Å². The molecule has 19 heavy (non-hydrogen) atoms. The minimum absolute atomic E-state index is 0.422. The van der Waals surface area contributed by atoms with Crippen LogP contribution in [-0.4, -0.2) is 20.6 Å². The molecule has 1 aromatic heterocycles. The lowest BCUT2D eigenvalue weighted by molar-refractivity contribution is 0.129. The van der Waals surface area contributed by atoms with E-state index < -0.39 is 0 Å². The third kappa shape index (κ3) is 2.77. The Hall–Kier alpha value is -0.290. The molecule has 1 aromatic rings. The van der Waals surface area contributed by atoms with Crippen molar-refractivity contribution in [1.82, 2.24) is 8.75 Å². The normalized spacial score (nSPS) is 32.9. The zero-order valence-corrected chi connectivity index (χ0v) is 12.7.